The second kappa shape index (κ2) is 3.94. The Hall–Kier alpha value is -0.870. The SMILES string of the molecule is CS(=O)(=O)OC[C@@H]1C[C@H]1c1ccccc1. The van der Waals surface area contributed by atoms with Crippen LogP contribution in [0.1, 0.15) is 17.9 Å². The van der Waals surface area contributed by atoms with Crippen LogP contribution in [0.25, 0.3) is 0 Å². The van der Waals surface area contributed by atoms with E-state index < -0.39 is 10.1 Å². The average molecular weight is 226 g/mol. The smallest absolute Gasteiger partial charge is 0.264 e. The standard InChI is InChI=1S/C11H14O3S/c1-15(12,13)14-8-10-7-11(10)9-5-3-2-4-6-9/h2-6,10-11H,7-8H2,1H3/t10-,11-/m0/s1. The van der Waals surface area contributed by atoms with Crippen LogP contribution < -0.4 is 0 Å². The van der Waals surface area contributed by atoms with Gasteiger partial charge >= 0.3 is 0 Å². The predicted molar refractivity (Wildman–Crippen MR) is 58.1 cm³/mol. The molecule has 0 bridgehead atoms. The zero-order chi connectivity index (χ0) is 10.9. The maximum absolute atomic E-state index is 10.8. The summed E-state index contributed by atoms with van der Waals surface area (Å²) in [6.07, 6.45) is 2.12. The summed E-state index contributed by atoms with van der Waals surface area (Å²) in [5, 5.41) is 0. The van der Waals surface area contributed by atoms with Crippen LogP contribution in [0, 0.1) is 5.92 Å². The fraction of sp³-hybridized carbons (Fsp3) is 0.455. The van der Waals surface area contributed by atoms with Crippen molar-refractivity contribution in [2.45, 2.75) is 12.3 Å². The van der Waals surface area contributed by atoms with Crippen LogP contribution >= 0.6 is 0 Å². The van der Waals surface area contributed by atoms with E-state index in [-0.39, 0.29) is 0 Å². The van der Waals surface area contributed by atoms with E-state index in [4.69, 9.17) is 4.18 Å². The van der Waals surface area contributed by atoms with Crippen molar-refractivity contribution in [3.63, 3.8) is 0 Å². The minimum Gasteiger partial charge on any atom is -0.270 e. The molecular formula is C11H14O3S. The third-order valence-electron chi connectivity index (χ3n) is 2.65. The average Bonchev–Trinajstić information content (AvgIpc) is 2.94. The first-order chi connectivity index (χ1) is 7.06. The number of hydrogen-bond acceptors (Lipinski definition) is 3. The summed E-state index contributed by atoms with van der Waals surface area (Å²) in [5.41, 5.74) is 1.28. The third-order valence-corrected chi connectivity index (χ3v) is 3.21. The summed E-state index contributed by atoms with van der Waals surface area (Å²) in [7, 11) is -3.28. The quantitative estimate of drug-likeness (QED) is 0.735. The summed E-state index contributed by atoms with van der Waals surface area (Å²) >= 11 is 0. The highest BCUT2D eigenvalue weighted by molar-refractivity contribution is 7.85. The summed E-state index contributed by atoms with van der Waals surface area (Å²) in [6, 6.07) is 10.1. The molecule has 1 aromatic rings. The molecule has 15 heavy (non-hydrogen) atoms. The van der Waals surface area contributed by atoms with Crippen molar-refractivity contribution in [1.82, 2.24) is 0 Å². The third kappa shape index (κ3) is 3.04. The first-order valence-electron chi connectivity index (χ1n) is 4.95. The molecule has 0 spiro atoms. The van der Waals surface area contributed by atoms with Crippen LogP contribution in [0.4, 0.5) is 0 Å². The highest BCUT2D eigenvalue weighted by Crippen LogP contribution is 2.47. The van der Waals surface area contributed by atoms with Crippen LogP contribution in [0.3, 0.4) is 0 Å². The van der Waals surface area contributed by atoms with Crippen LogP contribution in [0.15, 0.2) is 30.3 Å². The van der Waals surface area contributed by atoms with Gasteiger partial charge in [-0.1, -0.05) is 30.3 Å². The maximum atomic E-state index is 10.8. The molecule has 0 saturated heterocycles. The van der Waals surface area contributed by atoms with Crippen molar-refractivity contribution in [3.8, 4) is 0 Å². The molecule has 1 fully saturated rings. The second-order valence-corrected chi connectivity index (χ2v) is 5.65. The molecular weight excluding hydrogens is 212 g/mol. The van der Waals surface area contributed by atoms with Crippen molar-refractivity contribution in [2.24, 2.45) is 5.92 Å². The molecule has 1 saturated carbocycles. The summed E-state index contributed by atoms with van der Waals surface area (Å²) in [6.45, 7) is 0.318. The van der Waals surface area contributed by atoms with Gasteiger partial charge in [0.15, 0.2) is 0 Å². The Kier molecular flexibility index (Phi) is 2.80. The lowest BCUT2D eigenvalue weighted by molar-refractivity contribution is 0.303. The van der Waals surface area contributed by atoms with Crippen molar-refractivity contribution < 1.29 is 12.6 Å². The lowest BCUT2D eigenvalue weighted by Gasteiger charge is -2.00. The Balaban J connectivity index is 1.87. The van der Waals surface area contributed by atoms with Crippen molar-refractivity contribution in [2.75, 3.05) is 12.9 Å². The van der Waals surface area contributed by atoms with E-state index in [0.717, 1.165) is 12.7 Å². The van der Waals surface area contributed by atoms with E-state index in [1.807, 2.05) is 18.2 Å². The summed E-state index contributed by atoms with van der Waals surface area (Å²) in [5.74, 6) is 0.843. The van der Waals surface area contributed by atoms with Crippen molar-refractivity contribution in [3.05, 3.63) is 35.9 Å². The van der Waals surface area contributed by atoms with Gasteiger partial charge in [-0.25, -0.2) is 0 Å². The van der Waals surface area contributed by atoms with Gasteiger partial charge < -0.3 is 0 Å². The molecule has 0 N–H and O–H groups in total. The van der Waals surface area contributed by atoms with Crippen LogP contribution in [-0.4, -0.2) is 21.3 Å². The molecule has 4 heteroatoms. The molecule has 0 amide bonds. The molecule has 0 aliphatic heterocycles. The Morgan fingerprint density at radius 2 is 2.00 bits per heavy atom. The first-order valence-corrected chi connectivity index (χ1v) is 6.77. The van der Waals surface area contributed by atoms with E-state index in [1.54, 1.807) is 0 Å². The van der Waals surface area contributed by atoms with Gasteiger partial charge in [-0.15, -0.1) is 0 Å². The van der Waals surface area contributed by atoms with E-state index >= 15 is 0 Å². The number of hydrogen-bond donors (Lipinski definition) is 0. The van der Waals surface area contributed by atoms with Gasteiger partial charge in [0.25, 0.3) is 10.1 Å². The zero-order valence-electron chi connectivity index (χ0n) is 8.59. The Morgan fingerprint density at radius 1 is 1.33 bits per heavy atom. The largest absolute Gasteiger partial charge is 0.270 e. The van der Waals surface area contributed by atoms with Gasteiger partial charge in [-0.3, -0.25) is 4.18 Å². The second-order valence-electron chi connectivity index (χ2n) is 4.00. The minimum absolute atomic E-state index is 0.318. The molecule has 0 unspecified atom stereocenters. The highest BCUT2D eigenvalue weighted by Gasteiger charge is 2.38. The molecule has 0 heterocycles. The number of benzene rings is 1. The summed E-state index contributed by atoms with van der Waals surface area (Å²) < 4.78 is 26.3. The first kappa shape index (κ1) is 10.6. The normalized spacial score (nSPS) is 25.1. The van der Waals surface area contributed by atoms with Gasteiger partial charge in [0.2, 0.25) is 0 Å². The molecule has 1 aromatic carbocycles. The fourth-order valence-corrected chi connectivity index (χ4v) is 2.17. The van der Waals surface area contributed by atoms with E-state index in [0.29, 0.717) is 18.4 Å². The predicted octanol–water partition coefficient (Wildman–Crippen LogP) is 1.77. The van der Waals surface area contributed by atoms with Gasteiger partial charge in [-0.2, -0.15) is 8.42 Å². The molecule has 82 valence electrons. The van der Waals surface area contributed by atoms with Gasteiger partial charge in [0.1, 0.15) is 0 Å². The molecule has 1 aliphatic carbocycles. The van der Waals surface area contributed by atoms with Crippen LogP contribution in [0.2, 0.25) is 0 Å². The summed E-state index contributed by atoms with van der Waals surface area (Å²) in [4.78, 5) is 0. The molecule has 0 radical (unpaired) electrons. The topological polar surface area (TPSA) is 43.4 Å². The minimum atomic E-state index is -3.28. The van der Waals surface area contributed by atoms with Crippen molar-refractivity contribution >= 4 is 10.1 Å². The van der Waals surface area contributed by atoms with E-state index in [1.165, 1.54) is 5.56 Å². The van der Waals surface area contributed by atoms with Crippen molar-refractivity contribution in [1.29, 1.82) is 0 Å². The Bertz CT molecular complexity index is 424. The monoisotopic (exact) mass is 226 g/mol. The lowest BCUT2D eigenvalue weighted by atomic mass is 10.1. The van der Waals surface area contributed by atoms with Gasteiger partial charge in [0.05, 0.1) is 12.9 Å². The molecule has 1 aliphatic rings. The van der Waals surface area contributed by atoms with E-state index in [9.17, 15) is 8.42 Å². The molecule has 2 rings (SSSR count). The molecule has 3 nitrogen and oxygen atoms in total. The van der Waals surface area contributed by atoms with Gasteiger partial charge in [0, 0.05) is 0 Å². The van der Waals surface area contributed by atoms with E-state index in [2.05, 4.69) is 12.1 Å². The Labute approximate surface area is 90.2 Å². The lowest BCUT2D eigenvalue weighted by Crippen LogP contribution is -2.05. The van der Waals surface area contributed by atoms with Crippen LogP contribution in [0.5, 0.6) is 0 Å². The fourth-order valence-electron chi connectivity index (χ4n) is 1.75. The Morgan fingerprint density at radius 3 is 2.60 bits per heavy atom. The zero-order valence-corrected chi connectivity index (χ0v) is 9.41. The molecule has 2 atom stereocenters. The maximum Gasteiger partial charge on any atom is 0.264 e. The highest BCUT2D eigenvalue weighted by atomic mass is 32.2. The molecule has 0 aromatic heterocycles. The van der Waals surface area contributed by atoms with Crippen LogP contribution in [-0.2, 0) is 14.3 Å². The number of rotatable bonds is 4. The van der Waals surface area contributed by atoms with Gasteiger partial charge in [-0.05, 0) is 23.8 Å².